The van der Waals surface area contributed by atoms with Gasteiger partial charge in [-0.2, -0.15) is 10.4 Å². The minimum Gasteiger partial charge on any atom is -0.482 e. The average molecular weight is 389 g/mol. The fraction of sp³-hybridized carbons (Fsp3) is 0.0476. The Balaban J connectivity index is 1.47. The second kappa shape index (κ2) is 9.53. The van der Waals surface area contributed by atoms with Crippen molar-refractivity contribution in [3.63, 3.8) is 0 Å². The third-order valence-electron chi connectivity index (χ3n) is 3.58. The van der Waals surface area contributed by atoms with Crippen LogP contribution in [0, 0.1) is 11.3 Å². The van der Waals surface area contributed by atoms with Crippen LogP contribution >= 0.6 is 0 Å². The topological polar surface area (TPSA) is 114 Å². The summed E-state index contributed by atoms with van der Waals surface area (Å²) in [4.78, 5) is 23.6. The van der Waals surface area contributed by atoms with Crippen molar-refractivity contribution in [2.24, 2.45) is 5.10 Å². The molecule has 0 aliphatic carbocycles. The number of hydrogen-bond acceptors (Lipinski definition) is 7. The number of amides is 1. The molecule has 0 unspecified atom stereocenters. The van der Waals surface area contributed by atoms with Crippen LogP contribution in [0.5, 0.6) is 11.5 Å². The first kappa shape index (κ1) is 19.4. The fourth-order valence-corrected chi connectivity index (χ4v) is 2.21. The molecule has 3 rings (SSSR count). The lowest BCUT2D eigenvalue weighted by Crippen LogP contribution is -2.24. The molecule has 0 atom stereocenters. The molecule has 29 heavy (non-hydrogen) atoms. The van der Waals surface area contributed by atoms with E-state index < -0.39 is 11.9 Å². The smallest absolute Gasteiger partial charge is 0.379 e. The largest absolute Gasteiger partial charge is 0.482 e. The minimum absolute atomic E-state index is 0.109. The second-order valence-electron chi connectivity index (χ2n) is 5.63. The Bertz CT molecular complexity index is 1050. The fourth-order valence-electron chi connectivity index (χ4n) is 2.21. The van der Waals surface area contributed by atoms with E-state index in [1.807, 2.05) is 6.07 Å². The molecule has 0 saturated carbocycles. The van der Waals surface area contributed by atoms with Crippen molar-refractivity contribution >= 4 is 18.1 Å². The predicted octanol–water partition coefficient (Wildman–Crippen LogP) is 2.90. The summed E-state index contributed by atoms with van der Waals surface area (Å²) in [6.45, 7) is -0.280. The van der Waals surface area contributed by atoms with Gasteiger partial charge in [0.15, 0.2) is 6.61 Å². The Morgan fingerprint density at radius 1 is 1.10 bits per heavy atom. The van der Waals surface area contributed by atoms with E-state index in [0.717, 1.165) is 0 Å². The molecule has 0 bridgehead atoms. The number of nitrogens with zero attached hydrogens (tertiary/aromatic N) is 2. The van der Waals surface area contributed by atoms with Gasteiger partial charge in [-0.15, -0.1) is 0 Å². The molecule has 0 saturated heterocycles. The maximum absolute atomic E-state index is 11.8. The summed E-state index contributed by atoms with van der Waals surface area (Å²) in [7, 11) is 0. The lowest BCUT2D eigenvalue weighted by atomic mass is 10.2. The highest BCUT2D eigenvalue weighted by atomic mass is 16.5. The molecule has 8 heteroatoms. The van der Waals surface area contributed by atoms with Crippen LogP contribution in [0.1, 0.15) is 21.7 Å². The number of hydrogen-bond donors (Lipinski definition) is 1. The van der Waals surface area contributed by atoms with Gasteiger partial charge in [0.2, 0.25) is 5.76 Å². The van der Waals surface area contributed by atoms with Gasteiger partial charge in [0.05, 0.1) is 18.0 Å². The molecule has 0 aliphatic heterocycles. The molecule has 1 aromatic heterocycles. The quantitative estimate of drug-likeness (QED) is 0.288. The van der Waals surface area contributed by atoms with Crippen molar-refractivity contribution in [3.8, 4) is 17.6 Å². The van der Waals surface area contributed by atoms with Crippen molar-refractivity contribution in [1.82, 2.24) is 5.43 Å². The summed E-state index contributed by atoms with van der Waals surface area (Å²) in [5, 5.41) is 12.8. The number of rotatable bonds is 7. The van der Waals surface area contributed by atoms with Gasteiger partial charge in [-0.1, -0.05) is 12.1 Å². The van der Waals surface area contributed by atoms with Gasteiger partial charge in [0, 0.05) is 0 Å². The van der Waals surface area contributed by atoms with Crippen LogP contribution in [-0.4, -0.2) is 24.7 Å². The molecule has 0 fully saturated rings. The highest BCUT2D eigenvalue weighted by Crippen LogP contribution is 2.16. The normalized spacial score (nSPS) is 10.3. The molecule has 1 N–H and O–H groups in total. The molecule has 1 heterocycles. The third-order valence-corrected chi connectivity index (χ3v) is 3.58. The average Bonchev–Trinajstić information content (AvgIpc) is 3.29. The molecule has 0 aliphatic rings. The molecule has 1 amide bonds. The Kier molecular flexibility index (Phi) is 6.37. The zero-order valence-corrected chi connectivity index (χ0v) is 15.1. The van der Waals surface area contributed by atoms with Crippen LogP contribution in [-0.2, 0) is 4.79 Å². The third kappa shape index (κ3) is 5.55. The summed E-state index contributed by atoms with van der Waals surface area (Å²) in [5.41, 5.74) is 3.35. The Hall–Kier alpha value is -4.38. The first-order chi connectivity index (χ1) is 14.2. The number of furan rings is 1. The van der Waals surface area contributed by atoms with Crippen molar-refractivity contribution in [2.75, 3.05) is 6.61 Å². The number of ether oxygens (including phenoxy) is 2. The van der Waals surface area contributed by atoms with E-state index in [4.69, 9.17) is 19.2 Å². The minimum atomic E-state index is -0.596. The maximum atomic E-state index is 11.8. The van der Waals surface area contributed by atoms with Crippen LogP contribution in [0.2, 0.25) is 0 Å². The van der Waals surface area contributed by atoms with E-state index in [-0.39, 0.29) is 12.4 Å². The molecular formula is C21H15N3O5. The van der Waals surface area contributed by atoms with E-state index in [1.54, 1.807) is 54.6 Å². The van der Waals surface area contributed by atoms with Crippen LogP contribution in [0.4, 0.5) is 0 Å². The predicted molar refractivity (Wildman–Crippen MR) is 102 cm³/mol. The molecule has 0 radical (unpaired) electrons. The number of esters is 1. The number of nitrogens with one attached hydrogen (secondary N) is 1. The highest BCUT2D eigenvalue weighted by Gasteiger charge is 2.11. The molecule has 0 spiro atoms. The number of benzene rings is 2. The summed E-state index contributed by atoms with van der Waals surface area (Å²) < 4.78 is 15.4. The maximum Gasteiger partial charge on any atom is 0.379 e. The van der Waals surface area contributed by atoms with Gasteiger partial charge in [0.1, 0.15) is 17.6 Å². The molecule has 8 nitrogen and oxygen atoms in total. The van der Waals surface area contributed by atoms with Gasteiger partial charge in [0.25, 0.3) is 5.91 Å². The van der Waals surface area contributed by atoms with Gasteiger partial charge in [-0.25, -0.2) is 10.2 Å². The molecular weight excluding hydrogens is 374 g/mol. The van der Waals surface area contributed by atoms with Crippen LogP contribution in [0.25, 0.3) is 0 Å². The van der Waals surface area contributed by atoms with Gasteiger partial charge >= 0.3 is 5.97 Å². The number of nitriles is 1. The SMILES string of the molecule is N#Cc1ccccc1OCC(=O)N/N=C\c1ccc(OC(=O)c2ccco2)cc1. The number of carbonyl (C=O) groups excluding carboxylic acids is 2. The number of para-hydroxylation sites is 1. The summed E-state index contributed by atoms with van der Waals surface area (Å²) >= 11 is 0. The first-order valence-corrected chi connectivity index (χ1v) is 8.45. The van der Waals surface area contributed by atoms with Gasteiger partial charge in [-0.05, 0) is 54.1 Å². The van der Waals surface area contributed by atoms with E-state index in [1.165, 1.54) is 18.5 Å². The summed E-state index contributed by atoms with van der Waals surface area (Å²) in [5.74, 6) is -0.288. The van der Waals surface area contributed by atoms with Crippen LogP contribution in [0.3, 0.4) is 0 Å². The standard InChI is InChI=1S/C21H15N3O5/c22-12-16-4-1-2-5-18(16)28-14-20(25)24-23-13-15-7-9-17(10-8-15)29-21(26)19-6-3-11-27-19/h1-11,13H,14H2,(H,24,25)/b23-13-. The first-order valence-electron chi connectivity index (χ1n) is 8.45. The van der Waals surface area contributed by atoms with Crippen molar-refractivity contribution in [1.29, 1.82) is 5.26 Å². The zero-order chi connectivity index (χ0) is 20.5. The zero-order valence-electron chi connectivity index (χ0n) is 15.1. The lowest BCUT2D eigenvalue weighted by Gasteiger charge is -2.06. The van der Waals surface area contributed by atoms with E-state index in [0.29, 0.717) is 22.6 Å². The lowest BCUT2D eigenvalue weighted by molar-refractivity contribution is -0.123. The Labute approximate surface area is 166 Å². The van der Waals surface area contributed by atoms with Crippen molar-refractivity contribution in [3.05, 3.63) is 83.8 Å². The van der Waals surface area contributed by atoms with Gasteiger partial charge in [-0.3, -0.25) is 4.79 Å². The van der Waals surface area contributed by atoms with Crippen LogP contribution in [0.15, 0.2) is 76.4 Å². The number of carbonyl (C=O) groups is 2. The van der Waals surface area contributed by atoms with E-state index in [2.05, 4.69) is 10.5 Å². The van der Waals surface area contributed by atoms with E-state index in [9.17, 15) is 9.59 Å². The molecule has 2 aromatic carbocycles. The number of hydrazone groups is 1. The van der Waals surface area contributed by atoms with Crippen molar-refractivity contribution in [2.45, 2.75) is 0 Å². The Morgan fingerprint density at radius 3 is 2.62 bits per heavy atom. The second-order valence-corrected chi connectivity index (χ2v) is 5.63. The summed E-state index contributed by atoms with van der Waals surface area (Å²) in [6.07, 6.45) is 2.82. The Morgan fingerprint density at radius 2 is 1.90 bits per heavy atom. The van der Waals surface area contributed by atoms with E-state index >= 15 is 0 Å². The van der Waals surface area contributed by atoms with Crippen molar-refractivity contribution < 1.29 is 23.5 Å². The monoisotopic (exact) mass is 389 g/mol. The van der Waals surface area contributed by atoms with Gasteiger partial charge < -0.3 is 13.9 Å². The van der Waals surface area contributed by atoms with Crippen LogP contribution < -0.4 is 14.9 Å². The molecule has 3 aromatic rings. The summed E-state index contributed by atoms with van der Waals surface area (Å²) in [6, 6.07) is 18.2. The highest BCUT2D eigenvalue weighted by molar-refractivity contribution is 5.88. The molecule has 144 valence electrons.